The van der Waals surface area contributed by atoms with E-state index in [0.29, 0.717) is 52.2 Å². The topological polar surface area (TPSA) is 87.5 Å². The predicted molar refractivity (Wildman–Crippen MR) is 126 cm³/mol. The van der Waals surface area contributed by atoms with E-state index >= 15 is 0 Å². The number of aliphatic imine (C=N–C) groups is 1. The summed E-state index contributed by atoms with van der Waals surface area (Å²) in [4.78, 5) is 25.1. The molecular formula is C25H18ClFN4O2. The molecule has 5 rings (SSSR count). The van der Waals surface area contributed by atoms with E-state index in [-0.39, 0.29) is 5.56 Å². The molecule has 0 saturated carbocycles. The van der Waals surface area contributed by atoms with Crippen molar-refractivity contribution in [3.8, 4) is 11.3 Å². The summed E-state index contributed by atoms with van der Waals surface area (Å²) in [6.45, 7) is 0.291. The SMILES string of the molecule is O=C(O)c1cccc(Nc2ncc3c(n2)-c2ccc(Cl)cc2C(C2=CC=CCC2F)=NC3)c1. The Morgan fingerprint density at radius 3 is 2.88 bits per heavy atom. The van der Waals surface area contributed by atoms with Crippen molar-refractivity contribution >= 4 is 34.9 Å². The molecule has 2 heterocycles. The number of hydrogen-bond acceptors (Lipinski definition) is 5. The van der Waals surface area contributed by atoms with Gasteiger partial charge in [0.2, 0.25) is 5.95 Å². The lowest BCUT2D eigenvalue weighted by atomic mass is 9.90. The number of carboxylic acids is 1. The molecule has 2 aromatic carbocycles. The minimum absolute atomic E-state index is 0.156. The van der Waals surface area contributed by atoms with Crippen LogP contribution in [0.15, 0.2) is 77.5 Å². The summed E-state index contributed by atoms with van der Waals surface area (Å²) < 4.78 is 14.8. The number of nitrogens with zero attached hydrogens (tertiary/aromatic N) is 3. The van der Waals surface area contributed by atoms with Crippen LogP contribution in [0.2, 0.25) is 5.02 Å². The molecule has 0 spiro atoms. The second-order valence-electron chi connectivity index (χ2n) is 7.69. The monoisotopic (exact) mass is 460 g/mol. The molecule has 33 heavy (non-hydrogen) atoms. The van der Waals surface area contributed by atoms with Crippen molar-refractivity contribution < 1.29 is 14.3 Å². The molecule has 0 saturated heterocycles. The van der Waals surface area contributed by atoms with Crippen LogP contribution >= 0.6 is 11.6 Å². The highest BCUT2D eigenvalue weighted by molar-refractivity contribution is 6.31. The van der Waals surface area contributed by atoms with Crippen LogP contribution in [0.25, 0.3) is 11.3 Å². The molecule has 1 unspecified atom stereocenters. The summed E-state index contributed by atoms with van der Waals surface area (Å²) in [5.74, 6) is -0.709. The molecule has 0 radical (unpaired) electrons. The molecule has 2 N–H and O–H groups in total. The molecular weight excluding hydrogens is 443 g/mol. The predicted octanol–water partition coefficient (Wildman–Crippen LogP) is 5.77. The van der Waals surface area contributed by atoms with Gasteiger partial charge in [-0.25, -0.2) is 19.2 Å². The maximum Gasteiger partial charge on any atom is 0.335 e. The Kier molecular flexibility index (Phi) is 5.48. The van der Waals surface area contributed by atoms with Crippen molar-refractivity contribution in [2.45, 2.75) is 19.1 Å². The second kappa shape index (κ2) is 8.60. The summed E-state index contributed by atoms with van der Waals surface area (Å²) in [6, 6.07) is 11.8. The van der Waals surface area contributed by atoms with Crippen molar-refractivity contribution in [1.29, 1.82) is 0 Å². The average molecular weight is 461 g/mol. The number of allylic oxidation sites excluding steroid dienone is 4. The highest BCUT2D eigenvalue weighted by Gasteiger charge is 2.26. The van der Waals surface area contributed by atoms with Crippen LogP contribution in [0, 0.1) is 0 Å². The lowest BCUT2D eigenvalue weighted by molar-refractivity contribution is 0.0697. The number of anilines is 2. The number of carbonyl (C=O) groups is 1. The van der Waals surface area contributed by atoms with E-state index < -0.39 is 12.1 Å². The van der Waals surface area contributed by atoms with Crippen LogP contribution < -0.4 is 5.32 Å². The summed E-state index contributed by atoms with van der Waals surface area (Å²) in [5.41, 5.74) is 4.73. The van der Waals surface area contributed by atoms with Gasteiger partial charge in [0.05, 0.1) is 23.5 Å². The summed E-state index contributed by atoms with van der Waals surface area (Å²) in [5, 5.41) is 12.8. The molecule has 1 atom stereocenters. The third-order valence-electron chi connectivity index (χ3n) is 5.50. The molecule has 8 heteroatoms. The number of aromatic carboxylic acids is 1. The van der Waals surface area contributed by atoms with Gasteiger partial charge in [-0.1, -0.05) is 42.0 Å². The first-order valence-corrected chi connectivity index (χ1v) is 10.7. The molecule has 2 aliphatic rings. The lowest BCUT2D eigenvalue weighted by Crippen LogP contribution is -2.17. The number of nitrogens with one attached hydrogen (secondary N) is 1. The number of aromatic nitrogens is 2. The first-order chi connectivity index (χ1) is 16.0. The van der Waals surface area contributed by atoms with E-state index in [4.69, 9.17) is 21.6 Å². The standard InChI is InChI=1S/C25H18ClFN4O2/c26-16-8-9-18-20(11-16)23(19-6-1-2-7-21(19)27)28-12-15-13-29-25(31-22(15)18)30-17-5-3-4-14(10-17)24(32)33/h1-6,8-11,13,21H,7,12H2,(H,32,33)(H,29,30,31). The van der Waals surface area contributed by atoms with E-state index in [0.717, 1.165) is 11.1 Å². The van der Waals surface area contributed by atoms with Gasteiger partial charge in [0.25, 0.3) is 0 Å². The van der Waals surface area contributed by atoms with Crippen LogP contribution in [0.4, 0.5) is 16.0 Å². The fourth-order valence-electron chi connectivity index (χ4n) is 3.92. The second-order valence-corrected chi connectivity index (χ2v) is 8.12. The van der Waals surface area contributed by atoms with E-state index in [9.17, 15) is 14.3 Å². The Balaban J connectivity index is 1.58. The summed E-state index contributed by atoms with van der Waals surface area (Å²) in [7, 11) is 0. The number of carboxylic acid groups (broad SMARTS) is 1. The van der Waals surface area contributed by atoms with Crippen LogP contribution in [0.3, 0.4) is 0 Å². The zero-order valence-corrected chi connectivity index (χ0v) is 18.1. The van der Waals surface area contributed by atoms with E-state index in [1.807, 2.05) is 12.1 Å². The fourth-order valence-corrected chi connectivity index (χ4v) is 4.09. The van der Waals surface area contributed by atoms with Gasteiger partial charge in [-0.05, 0) is 30.3 Å². The van der Waals surface area contributed by atoms with Gasteiger partial charge in [-0.2, -0.15) is 0 Å². The number of fused-ring (bicyclic) bond motifs is 3. The normalized spacial score (nSPS) is 16.7. The molecule has 1 aliphatic carbocycles. The Labute approximate surface area is 194 Å². The molecule has 3 aromatic rings. The highest BCUT2D eigenvalue weighted by atomic mass is 35.5. The Hall–Kier alpha value is -3.84. The van der Waals surface area contributed by atoms with Crippen molar-refractivity contribution in [3.05, 3.63) is 94.2 Å². The van der Waals surface area contributed by atoms with Gasteiger partial charge in [-0.15, -0.1) is 0 Å². The first kappa shape index (κ1) is 21.0. The Morgan fingerprint density at radius 1 is 1.18 bits per heavy atom. The van der Waals surface area contributed by atoms with E-state index in [1.54, 1.807) is 42.6 Å². The van der Waals surface area contributed by atoms with Crippen molar-refractivity contribution in [2.75, 3.05) is 5.32 Å². The van der Waals surface area contributed by atoms with E-state index in [1.165, 1.54) is 12.1 Å². The third kappa shape index (κ3) is 4.15. The van der Waals surface area contributed by atoms with Crippen LogP contribution in [-0.2, 0) is 6.54 Å². The molecule has 0 bridgehead atoms. The molecule has 1 aliphatic heterocycles. The van der Waals surface area contributed by atoms with Gasteiger partial charge in [0.15, 0.2) is 0 Å². The van der Waals surface area contributed by atoms with Gasteiger partial charge in [-0.3, -0.25) is 4.99 Å². The number of alkyl halides is 1. The van der Waals surface area contributed by atoms with Gasteiger partial charge < -0.3 is 10.4 Å². The zero-order valence-electron chi connectivity index (χ0n) is 17.3. The smallest absolute Gasteiger partial charge is 0.335 e. The molecule has 1 aromatic heterocycles. The Morgan fingerprint density at radius 2 is 2.06 bits per heavy atom. The first-order valence-electron chi connectivity index (χ1n) is 10.3. The third-order valence-corrected chi connectivity index (χ3v) is 5.73. The highest BCUT2D eigenvalue weighted by Crippen LogP contribution is 2.35. The quantitative estimate of drug-likeness (QED) is 0.516. The van der Waals surface area contributed by atoms with Crippen LogP contribution in [0.1, 0.15) is 27.9 Å². The van der Waals surface area contributed by atoms with Gasteiger partial charge >= 0.3 is 5.97 Å². The van der Waals surface area contributed by atoms with Crippen LogP contribution in [-0.4, -0.2) is 32.9 Å². The van der Waals surface area contributed by atoms with Crippen molar-refractivity contribution in [2.24, 2.45) is 4.99 Å². The minimum Gasteiger partial charge on any atom is -0.478 e. The fraction of sp³-hybridized carbons (Fsp3) is 0.120. The summed E-state index contributed by atoms with van der Waals surface area (Å²) in [6.07, 6.45) is 6.22. The number of halogens is 2. The minimum atomic E-state index is -1.15. The number of benzene rings is 2. The zero-order chi connectivity index (χ0) is 22.9. The Bertz CT molecular complexity index is 1370. The number of rotatable bonds is 4. The largest absolute Gasteiger partial charge is 0.478 e. The molecule has 0 amide bonds. The molecule has 6 nitrogen and oxygen atoms in total. The maximum absolute atomic E-state index is 14.8. The average Bonchev–Trinajstić information content (AvgIpc) is 2.96. The van der Waals surface area contributed by atoms with Gasteiger partial charge in [0, 0.05) is 45.6 Å². The van der Waals surface area contributed by atoms with E-state index in [2.05, 4.69) is 10.3 Å². The summed E-state index contributed by atoms with van der Waals surface area (Å²) >= 11 is 6.30. The van der Waals surface area contributed by atoms with Crippen LogP contribution in [0.5, 0.6) is 0 Å². The maximum atomic E-state index is 14.8. The molecule has 0 fully saturated rings. The lowest BCUT2D eigenvalue weighted by Gasteiger charge is -2.18. The van der Waals surface area contributed by atoms with Crippen molar-refractivity contribution in [3.63, 3.8) is 0 Å². The van der Waals surface area contributed by atoms with Gasteiger partial charge in [0.1, 0.15) is 6.17 Å². The van der Waals surface area contributed by atoms with Crippen molar-refractivity contribution in [1.82, 2.24) is 9.97 Å². The molecule has 164 valence electrons. The number of hydrogen-bond donors (Lipinski definition) is 2.